The van der Waals surface area contributed by atoms with Gasteiger partial charge in [0.1, 0.15) is 5.69 Å². The van der Waals surface area contributed by atoms with Crippen LogP contribution in [-0.2, 0) is 13.5 Å². The number of fused-ring (bicyclic) bond motifs is 1. The highest BCUT2D eigenvalue weighted by Crippen LogP contribution is 2.32. The van der Waals surface area contributed by atoms with Gasteiger partial charge < -0.3 is 10.3 Å². The third-order valence-corrected chi connectivity index (χ3v) is 7.11. The van der Waals surface area contributed by atoms with Crippen LogP contribution in [0, 0.1) is 6.92 Å². The van der Waals surface area contributed by atoms with Crippen LogP contribution < -0.4 is 22.1 Å². The van der Waals surface area contributed by atoms with Crippen LogP contribution in [0.4, 0.5) is 5.69 Å². The van der Waals surface area contributed by atoms with Crippen molar-refractivity contribution < 1.29 is 0 Å². The molecule has 0 radical (unpaired) electrons. The number of anilines is 1. The SMILES string of the molecule is Cc1c(N[C@@H]2CCc3c2[nH]c(=O)n(C2CCCCC2)c3=O)c(=O)n(-c2ccccc2)n1C. The summed E-state index contributed by atoms with van der Waals surface area (Å²) < 4.78 is 4.88. The first-order valence-corrected chi connectivity index (χ1v) is 11.5. The molecule has 5 rings (SSSR count). The van der Waals surface area contributed by atoms with Crippen molar-refractivity contribution in [3.63, 3.8) is 0 Å². The summed E-state index contributed by atoms with van der Waals surface area (Å²) in [6, 6.07) is 9.20. The van der Waals surface area contributed by atoms with Crippen LogP contribution in [0.25, 0.3) is 5.69 Å². The second kappa shape index (κ2) is 8.00. The number of benzene rings is 1. The summed E-state index contributed by atoms with van der Waals surface area (Å²) in [7, 11) is 1.85. The summed E-state index contributed by atoms with van der Waals surface area (Å²) in [6.45, 7) is 1.89. The maximum Gasteiger partial charge on any atom is 0.328 e. The van der Waals surface area contributed by atoms with Crippen molar-refractivity contribution in [1.82, 2.24) is 18.9 Å². The Balaban J connectivity index is 1.51. The molecule has 0 unspecified atom stereocenters. The lowest BCUT2D eigenvalue weighted by Gasteiger charge is -2.23. The van der Waals surface area contributed by atoms with Gasteiger partial charge in [0.25, 0.3) is 11.1 Å². The normalized spacial score (nSPS) is 18.6. The zero-order valence-electron chi connectivity index (χ0n) is 18.6. The Kier molecular flexibility index (Phi) is 5.15. The van der Waals surface area contributed by atoms with E-state index in [-0.39, 0.29) is 28.9 Å². The van der Waals surface area contributed by atoms with Crippen LogP contribution in [0.5, 0.6) is 0 Å². The molecule has 0 spiro atoms. The van der Waals surface area contributed by atoms with Gasteiger partial charge in [-0.15, -0.1) is 0 Å². The molecule has 0 aliphatic heterocycles. The third kappa shape index (κ3) is 3.25. The molecule has 32 heavy (non-hydrogen) atoms. The summed E-state index contributed by atoms with van der Waals surface area (Å²) >= 11 is 0. The minimum atomic E-state index is -0.333. The van der Waals surface area contributed by atoms with Gasteiger partial charge in [-0.25, -0.2) is 9.48 Å². The van der Waals surface area contributed by atoms with Gasteiger partial charge in [0.05, 0.1) is 23.1 Å². The average molecular weight is 436 g/mol. The molecule has 2 heterocycles. The van der Waals surface area contributed by atoms with Crippen molar-refractivity contribution in [1.29, 1.82) is 0 Å². The fourth-order valence-electron chi connectivity index (χ4n) is 5.30. The summed E-state index contributed by atoms with van der Waals surface area (Å²) in [4.78, 5) is 42.3. The van der Waals surface area contributed by atoms with E-state index in [9.17, 15) is 14.4 Å². The third-order valence-electron chi connectivity index (χ3n) is 7.11. The maximum absolute atomic E-state index is 13.2. The van der Waals surface area contributed by atoms with Crippen LogP contribution in [0.3, 0.4) is 0 Å². The Morgan fingerprint density at radius 1 is 0.969 bits per heavy atom. The number of para-hydroxylation sites is 1. The number of nitrogens with one attached hydrogen (secondary N) is 2. The molecule has 0 saturated heterocycles. The van der Waals surface area contributed by atoms with Gasteiger partial charge in [0.15, 0.2) is 0 Å². The van der Waals surface area contributed by atoms with Crippen molar-refractivity contribution in [2.45, 2.75) is 64.0 Å². The molecule has 8 nitrogen and oxygen atoms in total. The molecule has 2 aliphatic carbocycles. The predicted molar refractivity (Wildman–Crippen MR) is 124 cm³/mol. The highest BCUT2D eigenvalue weighted by molar-refractivity contribution is 5.51. The molecule has 168 valence electrons. The maximum atomic E-state index is 13.2. The van der Waals surface area contributed by atoms with Crippen LogP contribution >= 0.6 is 0 Å². The zero-order valence-corrected chi connectivity index (χ0v) is 18.6. The summed E-state index contributed by atoms with van der Waals surface area (Å²) in [6.07, 6.45) is 6.29. The number of aromatic nitrogens is 4. The van der Waals surface area contributed by atoms with Crippen LogP contribution in [-0.4, -0.2) is 18.9 Å². The Morgan fingerprint density at radius 3 is 2.41 bits per heavy atom. The number of nitrogens with zero attached hydrogens (tertiary/aromatic N) is 3. The van der Waals surface area contributed by atoms with Crippen molar-refractivity contribution in [2.24, 2.45) is 7.05 Å². The van der Waals surface area contributed by atoms with E-state index >= 15 is 0 Å². The quantitative estimate of drug-likeness (QED) is 0.659. The molecule has 2 N–H and O–H groups in total. The monoisotopic (exact) mass is 435 g/mol. The minimum absolute atomic E-state index is 0.00764. The molecule has 1 saturated carbocycles. The fraction of sp³-hybridized carbons (Fsp3) is 0.458. The van der Waals surface area contributed by atoms with E-state index in [2.05, 4.69) is 10.3 Å². The van der Waals surface area contributed by atoms with E-state index in [1.165, 1.54) is 4.57 Å². The second-order valence-corrected chi connectivity index (χ2v) is 8.96. The van der Waals surface area contributed by atoms with Gasteiger partial charge in [-0.05, 0) is 44.7 Å². The van der Waals surface area contributed by atoms with Crippen molar-refractivity contribution >= 4 is 5.69 Å². The van der Waals surface area contributed by atoms with Gasteiger partial charge >= 0.3 is 5.69 Å². The first-order chi connectivity index (χ1) is 15.5. The number of aromatic amines is 1. The topological polar surface area (TPSA) is 93.8 Å². The lowest BCUT2D eigenvalue weighted by atomic mass is 9.95. The fourth-order valence-corrected chi connectivity index (χ4v) is 5.30. The van der Waals surface area contributed by atoms with Crippen LogP contribution in [0.1, 0.15) is 67.6 Å². The second-order valence-electron chi connectivity index (χ2n) is 8.96. The molecule has 2 aromatic heterocycles. The standard InChI is InChI=1S/C24H29N5O3/c1-15-20(23(31)29(27(15)2)17-11-7-4-8-12-17)25-19-14-13-18-21(19)26-24(32)28(22(18)30)16-9-5-3-6-10-16/h4,7-8,11-12,16,19,25H,3,5-6,9-10,13-14H2,1-2H3,(H,26,32)/t19-/m1/s1. The highest BCUT2D eigenvalue weighted by Gasteiger charge is 2.31. The number of hydrogen-bond acceptors (Lipinski definition) is 4. The molecule has 8 heteroatoms. The van der Waals surface area contributed by atoms with Crippen molar-refractivity contribution in [3.8, 4) is 5.69 Å². The van der Waals surface area contributed by atoms with Crippen LogP contribution in [0.15, 0.2) is 44.7 Å². The largest absolute Gasteiger partial charge is 0.371 e. The molecule has 1 atom stereocenters. The molecule has 0 amide bonds. The molecule has 3 aromatic rings. The molecule has 0 bridgehead atoms. The first-order valence-electron chi connectivity index (χ1n) is 11.5. The first kappa shape index (κ1) is 20.6. The summed E-state index contributed by atoms with van der Waals surface area (Å²) in [5.41, 5.74) is 2.73. The summed E-state index contributed by atoms with van der Waals surface area (Å²) in [5, 5.41) is 3.35. The van der Waals surface area contributed by atoms with Gasteiger partial charge in [-0.3, -0.25) is 18.8 Å². The molecule has 1 fully saturated rings. The van der Waals surface area contributed by atoms with E-state index in [0.717, 1.165) is 43.5 Å². The predicted octanol–water partition coefficient (Wildman–Crippen LogP) is 2.94. The molecular formula is C24H29N5O3. The van der Waals surface area contributed by atoms with Gasteiger partial charge in [0.2, 0.25) is 0 Å². The lowest BCUT2D eigenvalue weighted by Crippen LogP contribution is -2.41. The Hall–Kier alpha value is -3.29. The summed E-state index contributed by atoms with van der Waals surface area (Å²) in [5.74, 6) is 0. The van der Waals surface area contributed by atoms with Crippen molar-refractivity contribution in [2.75, 3.05) is 5.32 Å². The van der Waals surface area contributed by atoms with E-state index in [1.54, 1.807) is 4.68 Å². The molecule has 2 aliphatic rings. The highest BCUT2D eigenvalue weighted by atomic mass is 16.2. The number of rotatable bonds is 4. The van der Waals surface area contributed by atoms with E-state index in [4.69, 9.17) is 0 Å². The number of H-pyrrole nitrogens is 1. The van der Waals surface area contributed by atoms with E-state index in [1.807, 2.05) is 49.0 Å². The smallest absolute Gasteiger partial charge is 0.328 e. The van der Waals surface area contributed by atoms with E-state index in [0.29, 0.717) is 29.8 Å². The Bertz CT molecular complexity index is 1320. The lowest BCUT2D eigenvalue weighted by molar-refractivity contribution is 0.335. The van der Waals surface area contributed by atoms with Gasteiger partial charge in [0, 0.05) is 18.7 Å². The minimum Gasteiger partial charge on any atom is -0.371 e. The van der Waals surface area contributed by atoms with Crippen molar-refractivity contribution in [3.05, 3.63) is 78.5 Å². The molecular weight excluding hydrogens is 406 g/mol. The zero-order chi connectivity index (χ0) is 22.4. The van der Waals surface area contributed by atoms with Gasteiger partial charge in [-0.2, -0.15) is 0 Å². The van der Waals surface area contributed by atoms with E-state index < -0.39 is 0 Å². The molecule has 1 aromatic carbocycles. The Labute approximate surface area is 185 Å². The van der Waals surface area contributed by atoms with Crippen LogP contribution in [0.2, 0.25) is 0 Å². The Morgan fingerprint density at radius 2 is 1.69 bits per heavy atom. The van der Waals surface area contributed by atoms with Gasteiger partial charge in [-0.1, -0.05) is 37.5 Å². The average Bonchev–Trinajstić information content (AvgIpc) is 3.29. The number of hydrogen-bond donors (Lipinski definition) is 2.